The molecule has 2 aromatic rings. The van der Waals surface area contributed by atoms with Gasteiger partial charge in [0, 0.05) is 30.9 Å². The standard InChI is InChI=1S/C17H19NO3/c1-3-16(19)15-8-9-18(12-15)11-14-7-5-4-6-13(14)10-17(20)21-2/h4-9,12H,3,10-11H2,1-2H3. The van der Waals surface area contributed by atoms with Crippen LogP contribution < -0.4 is 0 Å². The number of carbonyl (C=O) groups excluding carboxylic acids is 2. The van der Waals surface area contributed by atoms with Crippen molar-refractivity contribution in [3.63, 3.8) is 0 Å². The highest BCUT2D eigenvalue weighted by Crippen LogP contribution is 2.14. The van der Waals surface area contributed by atoms with Crippen molar-refractivity contribution in [2.45, 2.75) is 26.3 Å². The number of esters is 1. The van der Waals surface area contributed by atoms with E-state index < -0.39 is 0 Å². The Bertz CT molecular complexity index is 643. The number of ketones is 1. The molecule has 1 heterocycles. The van der Waals surface area contributed by atoms with Gasteiger partial charge in [-0.15, -0.1) is 0 Å². The van der Waals surface area contributed by atoms with Crippen LogP contribution in [0, 0.1) is 0 Å². The molecule has 0 radical (unpaired) electrons. The number of ether oxygens (including phenoxy) is 1. The predicted molar refractivity (Wildman–Crippen MR) is 80.3 cm³/mol. The van der Waals surface area contributed by atoms with E-state index in [9.17, 15) is 9.59 Å². The molecular weight excluding hydrogens is 266 g/mol. The molecule has 1 aromatic carbocycles. The molecule has 110 valence electrons. The minimum Gasteiger partial charge on any atom is -0.469 e. The van der Waals surface area contributed by atoms with E-state index in [0.717, 1.165) is 16.7 Å². The van der Waals surface area contributed by atoms with Gasteiger partial charge in [-0.2, -0.15) is 0 Å². The fraction of sp³-hybridized carbons (Fsp3) is 0.294. The molecule has 4 nitrogen and oxygen atoms in total. The average Bonchev–Trinajstić information content (AvgIpc) is 2.97. The molecule has 0 aliphatic rings. The van der Waals surface area contributed by atoms with Gasteiger partial charge in [0.2, 0.25) is 0 Å². The lowest BCUT2D eigenvalue weighted by Gasteiger charge is -2.09. The minimum absolute atomic E-state index is 0.136. The van der Waals surface area contributed by atoms with Crippen LogP contribution in [-0.4, -0.2) is 23.4 Å². The Hall–Kier alpha value is -2.36. The summed E-state index contributed by atoms with van der Waals surface area (Å²) in [6.07, 6.45) is 4.50. The molecule has 0 fully saturated rings. The summed E-state index contributed by atoms with van der Waals surface area (Å²) in [5, 5.41) is 0. The second-order valence-corrected chi connectivity index (χ2v) is 4.87. The summed E-state index contributed by atoms with van der Waals surface area (Å²) in [5.41, 5.74) is 2.72. The maximum Gasteiger partial charge on any atom is 0.309 e. The number of hydrogen-bond acceptors (Lipinski definition) is 3. The van der Waals surface area contributed by atoms with Gasteiger partial charge in [-0.3, -0.25) is 9.59 Å². The van der Waals surface area contributed by atoms with Crippen LogP contribution in [0.3, 0.4) is 0 Å². The summed E-state index contributed by atoms with van der Waals surface area (Å²) in [5.74, 6) is -0.117. The molecule has 0 saturated heterocycles. The Morgan fingerprint density at radius 3 is 2.52 bits per heavy atom. The molecule has 0 atom stereocenters. The zero-order valence-electron chi connectivity index (χ0n) is 12.3. The van der Waals surface area contributed by atoms with E-state index in [1.807, 2.05) is 54.2 Å². The second-order valence-electron chi connectivity index (χ2n) is 4.87. The number of rotatable bonds is 6. The normalized spacial score (nSPS) is 10.4. The summed E-state index contributed by atoms with van der Waals surface area (Å²) in [4.78, 5) is 23.1. The van der Waals surface area contributed by atoms with Crippen LogP contribution in [0.4, 0.5) is 0 Å². The van der Waals surface area contributed by atoms with Crippen LogP contribution in [0.25, 0.3) is 0 Å². The van der Waals surface area contributed by atoms with Crippen LogP contribution in [0.5, 0.6) is 0 Å². The highest BCUT2D eigenvalue weighted by molar-refractivity contribution is 5.95. The quantitative estimate of drug-likeness (QED) is 0.605. The zero-order chi connectivity index (χ0) is 15.2. The van der Waals surface area contributed by atoms with E-state index in [1.165, 1.54) is 7.11 Å². The summed E-state index contributed by atoms with van der Waals surface area (Å²) in [7, 11) is 1.39. The second kappa shape index (κ2) is 6.88. The Morgan fingerprint density at radius 2 is 1.86 bits per heavy atom. The highest BCUT2D eigenvalue weighted by Gasteiger charge is 2.09. The SMILES string of the molecule is CCC(=O)c1ccn(Cc2ccccc2CC(=O)OC)c1. The third kappa shape index (κ3) is 3.81. The molecule has 0 amide bonds. The Morgan fingerprint density at radius 1 is 1.14 bits per heavy atom. The number of carbonyl (C=O) groups is 2. The van der Waals surface area contributed by atoms with Gasteiger partial charge < -0.3 is 9.30 Å². The maximum atomic E-state index is 11.7. The molecule has 0 bridgehead atoms. The topological polar surface area (TPSA) is 48.3 Å². The number of benzene rings is 1. The van der Waals surface area contributed by atoms with Gasteiger partial charge in [0.1, 0.15) is 0 Å². The van der Waals surface area contributed by atoms with Crippen LogP contribution in [0.1, 0.15) is 34.8 Å². The fourth-order valence-corrected chi connectivity index (χ4v) is 2.22. The van der Waals surface area contributed by atoms with Crippen LogP contribution in [0.2, 0.25) is 0 Å². The lowest BCUT2D eigenvalue weighted by molar-refractivity contribution is -0.139. The van der Waals surface area contributed by atoms with E-state index in [0.29, 0.717) is 13.0 Å². The van der Waals surface area contributed by atoms with Crippen molar-refractivity contribution in [1.29, 1.82) is 0 Å². The molecule has 0 aliphatic heterocycles. The fourth-order valence-electron chi connectivity index (χ4n) is 2.22. The minimum atomic E-state index is -0.253. The van der Waals surface area contributed by atoms with Crippen molar-refractivity contribution in [2.75, 3.05) is 7.11 Å². The third-order valence-corrected chi connectivity index (χ3v) is 3.43. The van der Waals surface area contributed by atoms with Gasteiger partial charge in [0.15, 0.2) is 5.78 Å². The van der Waals surface area contributed by atoms with Gasteiger partial charge >= 0.3 is 5.97 Å². The first-order valence-electron chi connectivity index (χ1n) is 6.96. The lowest BCUT2D eigenvalue weighted by Crippen LogP contribution is -2.08. The van der Waals surface area contributed by atoms with E-state index >= 15 is 0 Å². The van der Waals surface area contributed by atoms with Crippen molar-refractivity contribution < 1.29 is 14.3 Å². The molecule has 0 aliphatic carbocycles. The molecule has 2 rings (SSSR count). The van der Waals surface area contributed by atoms with Crippen LogP contribution in [0.15, 0.2) is 42.7 Å². The van der Waals surface area contributed by atoms with Gasteiger partial charge in [-0.05, 0) is 17.2 Å². The van der Waals surface area contributed by atoms with E-state index in [1.54, 1.807) is 0 Å². The molecule has 0 N–H and O–H groups in total. The first-order chi connectivity index (χ1) is 10.1. The van der Waals surface area contributed by atoms with Gasteiger partial charge in [0.25, 0.3) is 0 Å². The molecule has 0 spiro atoms. The highest BCUT2D eigenvalue weighted by atomic mass is 16.5. The zero-order valence-corrected chi connectivity index (χ0v) is 12.3. The van der Waals surface area contributed by atoms with E-state index in [4.69, 9.17) is 4.74 Å². The van der Waals surface area contributed by atoms with Crippen molar-refractivity contribution >= 4 is 11.8 Å². The third-order valence-electron chi connectivity index (χ3n) is 3.43. The number of hydrogen-bond donors (Lipinski definition) is 0. The predicted octanol–water partition coefficient (Wildman–Crippen LogP) is 2.84. The lowest BCUT2D eigenvalue weighted by atomic mass is 10.0. The number of Topliss-reactive ketones (excluding diaryl/α,β-unsaturated/α-hetero) is 1. The maximum absolute atomic E-state index is 11.7. The van der Waals surface area contributed by atoms with Gasteiger partial charge in [0.05, 0.1) is 13.5 Å². The number of aromatic nitrogens is 1. The van der Waals surface area contributed by atoms with Gasteiger partial charge in [-0.25, -0.2) is 0 Å². The molecule has 4 heteroatoms. The Balaban J connectivity index is 2.17. The average molecular weight is 285 g/mol. The van der Waals surface area contributed by atoms with E-state index in [-0.39, 0.29) is 18.2 Å². The first-order valence-corrected chi connectivity index (χ1v) is 6.96. The van der Waals surface area contributed by atoms with Crippen molar-refractivity contribution in [1.82, 2.24) is 4.57 Å². The van der Waals surface area contributed by atoms with Crippen molar-refractivity contribution in [2.24, 2.45) is 0 Å². The molecule has 0 saturated carbocycles. The van der Waals surface area contributed by atoms with Crippen LogP contribution in [-0.2, 0) is 22.5 Å². The number of methoxy groups -OCH3 is 1. The van der Waals surface area contributed by atoms with Crippen LogP contribution >= 0.6 is 0 Å². The first kappa shape index (κ1) is 15.0. The summed E-state index contributed by atoms with van der Waals surface area (Å²) in [6, 6.07) is 9.59. The van der Waals surface area contributed by atoms with Crippen molar-refractivity contribution in [3.05, 3.63) is 59.4 Å². The van der Waals surface area contributed by atoms with Gasteiger partial charge in [-0.1, -0.05) is 31.2 Å². The smallest absolute Gasteiger partial charge is 0.309 e. The van der Waals surface area contributed by atoms with Crippen molar-refractivity contribution in [3.8, 4) is 0 Å². The largest absolute Gasteiger partial charge is 0.469 e. The molecule has 21 heavy (non-hydrogen) atoms. The molecular formula is C17H19NO3. The Kier molecular flexibility index (Phi) is 4.93. The molecule has 0 unspecified atom stereocenters. The summed E-state index contributed by atoms with van der Waals surface area (Å²) < 4.78 is 6.68. The number of nitrogens with zero attached hydrogens (tertiary/aromatic N) is 1. The Labute approximate surface area is 124 Å². The van der Waals surface area contributed by atoms with E-state index in [2.05, 4.69) is 0 Å². The monoisotopic (exact) mass is 285 g/mol. The molecule has 1 aromatic heterocycles. The summed E-state index contributed by atoms with van der Waals surface area (Å²) >= 11 is 0. The summed E-state index contributed by atoms with van der Waals surface area (Å²) in [6.45, 7) is 2.48.